The van der Waals surface area contributed by atoms with Crippen molar-refractivity contribution in [3.8, 4) is 0 Å². The summed E-state index contributed by atoms with van der Waals surface area (Å²) in [6.07, 6.45) is 2.97. The zero-order chi connectivity index (χ0) is 17.3. The van der Waals surface area contributed by atoms with Gasteiger partial charge in [-0.25, -0.2) is 4.90 Å². The van der Waals surface area contributed by atoms with Gasteiger partial charge in [0.1, 0.15) is 5.82 Å². The van der Waals surface area contributed by atoms with Gasteiger partial charge in [-0.2, -0.15) is 9.50 Å². The Bertz CT molecular complexity index is 807. The Labute approximate surface area is 138 Å². The quantitative estimate of drug-likeness (QED) is 0.822. The van der Waals surface area contributed by atoms with Crippen molar-refractivity contribution in [1.29, 1.82) is 0 Å². The molecule has 3 rings (SSSR count). The minimum atomic E-state index is -0.611. The third-order valence-corrected chi connectivity index (χ3v) is 3.87. The number of carbonyl (C=O) groups is 2. The zero-order valence-corrected chi connectivity index (χ0v) is 13.1. The fourth-order valence-corrected chi connectivity index (χ4v) is 2.70. The van der Waals surface area contributed by atoms with Crippen LogP contribution in [0.25, 0.3) is 5.65 Å². The van der Waals surface area contributed by atoms with E-state index in [9.17, 15) is 9.59 Å². The molecule has 24 heavy (non-hydrogen) atoms. The van der Waals surface area contributed by atoms with Crippen LogP contribution in [0.3, 0.4) is 0 Å². The summed E-state index contributed by atoms with van der Waals surface area (Å²) in [6, 6.07) is 5.62. The lowest BCUT2D eigenvalue weighted by Gasteiger charge is -2.18. The van der Waals surface area contributed by atoms with Gasteiger partial charge in [0.2, 0.25) is 0 Å². The first-order chi connectivity index (χ1) is 11.5. The summed E-state index contributed by atoms with van der Waals surface area (Å²) in [5, 5.41) is 4.33. The highest BCUT2D eigenvalue weighted by Gasteiger charge is 2.26. The molecule has 0 radical (unpaired) electrons. The van der Waals surface area contributed by atoms with E-state index in [1.807, 2.05) is 12.1 Å². The SMILES string of the molecule is C=CC(=O)N(C(=O)C=C)c1nc2cccc(N3CC[C@@H](N)C3)n2n1. The number of nitrogens with two attached hydrogens (primary N) is 1. The number of carbonyl (C=O) groups excluding carboxylic acids is 2. The van der Waals surface area contributed by atoms with Gasteiger partial charge in [0.25, 0.3) is 17.8 Å². The van der Waals surface area contributed by atoms with Crippen molar-refractivity contribution in [2.75, 3.05) is 22.9 Å². The maximum absolute atomic E-state index is 12.0. The monoisotopic (exact) mass is 326 g/mol. The number of anilines is 2. The van der Waals surface area contributed by atoms with Crippen molar-refractivity contribution < 1.29 is 9.59 Å². The van der Waals surface area contributed by atoms with Crippen LogP contribution in [0, 0.1) is 0 Å². The lowest BCUT2D eigenvalue weighted by molar-refractivity contribution is -0.121. The molecule has 0 aliphatic carbocycles. The van der Waals surface area contributed by atoms with E-state index in [2.05, 4.69) is 28.1 Å². The Hall–Kier alpha value is -3.00. The van der Waals surface area contributed by atoms with E-state index >= 15 is 0 Å². The van der Waals surface area contributed by atoms with Crippen LogP contribution in [0.2, 0.25) is 0 Å². The Balaban J connectivity index is 2.07. The minimum absolute atomic E-state index is 0.0132. The average molecular weight is 326 g/mol. The smallest absolute Gasteiger partial charge is 0.259 e. The van der Waals surface area contributed by atoms with Gasteiger partial charge in [-0.3, -0.25) is 9.59 Å². The van der Waals surface area contributed by atoms with Gasteiger partial charge in [-0.1, -0.05) is 19.2 Å². The van der Waals surface area contributed by atoms with E-state index in [1.54, 1.807) is 10.6 Å². The van der Waals surface area contributed by atoms with Crippen LogP contribution in [0.1, 0.15) is 6.42 Å². The van der Waals surface area contributed by atoms with Crippen LogP contribution in [-0.4, -0.2) is 45.5 Å². The molecule has 2 aromatic rings. The molecule has 8 heteroatoms. The average Bonchev–Trinajstić information content (AvgIpc) is 3.20. The molecule has 1 aliphatic rings. The molecule has 1 saturated heterocycles. The predicted octanol–water partition coefficient (Wildman–Crippen LogP) is 0.498. The number of nitrogens with zero attached hydrogens (tertiary/aromatic N) is 5. The molecule has 2 amide bonds. The van der Waals surface area contributed by atoms with Gasteiger partial charge >= 0.3 is 0 Å². The number of pyridine rings is 1. The molecule has 0 spiro atoms. The molecule has 0 bridgehead atoms. The standard InChI is InChI=1S/C16H18N6O2/c1-3-14(23)21(15(24)4-2)16-18-12-6-5-7-13(22(12)19-16)20-9-8-11(17)10-20/h3-7,11H,1-2,8-10,17H2/t11-/m1/s1. The van der Waals surface area contributed by atoms with Crippen LogP contribution in [0.5, 0.6) is 0 Å². The van der Waals surface area contributed by atoms with Crippen molar-refractivity contribution >= 4 is 29.2 Å². The molecular formula is C16H18N6O2. The second-order valence-corrected chi connectivity index (χ2v) is 5.48. The summed E-state index contributed by atoms with van der Waals surface area (Å²) in [7, 11) is 0. The van der Waals surface area contributed by atoms with Crippen LogP contribution in [-0.2, 0) is 9.59 Å². The molecular weight excluding hydrogens is 308 g/mol. The van der Waals surface area contributed by atoms with Crippen LogP contribution < -0.4 is 15.5 Å². The molecule has 2 N–H and O–H groups in total. The number of hydrogen-bond donors (Lipinski definition) is 1. The number of fused-ring (bicyclic) bond motifs is 1. The highest BCUT2D eigenvalue weighted by molar-refractivity contribution is 6.20. The Morgan fingerprint density at radius 1 is 1.29 bits per heavy atom. The van der Waals surface area contributed by atoms with Gasteiger partial charge in [-0.05, 0) is 30.7 Å². The molecule has 8 nitrogen and oxygen atoms in total. The predicted molar refractivity (Wildman–Crippen MR) is 90.7 cm³/mol. The van der Waals surface area contributed by atoms with Crippen molar-refractivity contribution in [2.45, 2.75) is 12.5 Å². The van der Waals surface area contributed by atoms with E-state index < -0.39 is 11.8 Å². The van der Waals surface area contributed by atoms with Gasteiger partial charge in [0.05, 0.1) is 0 Å². The van der Waals surface area contributed by atoms with E-state index in [0.29, 0.717) is 5.65 Å². The summed E-state index contributed by atoms with van der Waals surface area (Å²) >= 11 is 0. The maximum Gasteiger partial charge on any atom is 0.259 e. The van der Waals surface area contributed by atoms with Crippen LogP contribution in [0.4, 0.5) is 11.8 Å². The van der Waals surface area contributed by atoms with E-state index in [-0.39, 0.29) is 12.0 Å². The molecule has 124 valence electrons. The topological polar surface area (TPSA) is 96.8 Å². The number of hydrogen-bond acceptors (Lipinski definition) is 6. The second-order valence-electron chi connectivity index (χ2n) is 5.48. The van der Waals surface area contributed by atoms with E-state index in [4.69, 9.17) is 5.73 Å². The first-order valence-electron chi connectivity index (χ1n) is 7.54. The van der Waals surface area contributed by atoms with Gasteiger partial charge < -0.3 is 10.6 Å². The first-order valence-corrected chi connectivity index (χ1v) is 7.54. The summed E-state index contributed by atoms with van der Waals surface area (Å²) < 4.78 is 1.60. The Morgan fingerprint density at radius 2 is 2.00 bits per heavy atom. The second kappa shape index (κ2) is 6.25. The molecule has 2 aromatic heterocycles. The van der Waals surface area contributed by atoms with Gasteiger partial charge in [0.15, 0.2) is 5.65 Å². The zero-order valence-electron chi connectivity index (χ0n) is 13.1. The maximum atomic E-state index is 12.0. The van der Waals surface area contributed by atoms with Gasteiger partial charge in [-0.15, -0.1) is 5.10 Å². The summed E-state index contributed by atoms with van der Waals surface area (Å²) in [4.78, 5) is 31.2. The highest BCUT2D eigenvalue weighted by Crippen LogP contribution is 2.22. The number of amides is 2. The third-order valence-electron chi connectivity index (χ3n) is 3.87. The van der Waals surface area contributed by atoms with Crippen molar-refractivity contribution in [2.24, 2.45) is 5.73 Å². The lowest BCUT2D eigenvalue weighted by atomic mass is 10.3. The molecule has 1 fully saturated rings. The summed E-state index contributed by atoms with van der Waals surface area (Å²) in [6.45, 7) is 8.34. The fourth-order valence-electron chi connectivity index (χ4n) is 2.70. The summed E-state index contributed by atoms with van der Waals surface area (Å²) in [5.74, 6) is -0.418. The lowest BCUT2D eigenvalue weighted by Crippen LogP contribution is -2.35. The largest absolute Gasteiger partial charge is 0.355 e. The van der Waals surface area contributed by atoms with Gasteiger partial charge in [0, 0.05) is 19.1 Å². The Morgan fingerprint density at radius 3 is 2.58 bits per heavy atom. The molecule has 0 unspecified atom stereocenters. The normalized spacial score (nSPS) is 17.0. The van der Waals surface area contributed by atoms with Crippen LogP contribution in [0.15, 0.2) is 43.5 Å². The highest BCUT2D eigenvalue weighted by atomic mass is 16.2. The fraction of sp³-hybridized carbons (Fsp3) is 0.250. The first kappa shape index (κ1) is 15.9. The summed E-state index contributed by atoms with van der Waals surface area (Å²) in [5.41, 5.74) is 6.50. The minimum Gasteiger partial charge on any atom is -0.355 e. The number of rotatable bonds is 4. The van der Waals surface area contributed by atoms with Crippen molar-refractivity contribution in [3.63, 3.8) is 0 Å². The third kappa shape index (κ3) is 2.67. The van der Waals surface area contributed by atoms with Crippen molar-refractivity contribution in [3.05, 3.63) is 43.5 Å². The van der Waals surface area contributed by atoms with E-state index in [0.717, 1.165) is 42.4 Å². The molecule has 0 saturated carbocycles. The van der Waals surface area contributed by atoms with E-state index in [1.165, 1.54) is 0 Å². The van der Waals surface area contributed by atoms with Crippen molar-refractivity contribution in [1.82, 2.24) is 14.6 Å². The number of aromatic nitrogens is 3. The molecule has 0 aromatic carbocycles. The number of imide groups is 1. The molecule has 3 heterocycles. The van der Waals surface area contributed by atoms with Crippen LogP contribution >= 0.6 is 0 Å². The molecule has 1 atom stereocenters. The molecule has 1 aliphatic heterocycles. The Kier molecular flexibility index (Phi) is 4.13.